The number of nitrogens with one attached hydrogen (secondary N) is 4. The molecule has 6 aromatic rings. The van der Waals surface area contributed by atoms with Crippen LogP contribution in [0.15, 0.2) is 103 Å². The predicted molar refractivity (Wildman–Crippen MR) is 164 cm³/mol. The fourth-order valence-electron chi connectivity index (χ4n) is 4.73. The second-order valence-electron chi connectivity index (χ2n) is 9.75. The van der Waals surface area contributed by atoms with Crippen molar-refractivity contribution in [3.63, 3.8) is 0 Å². The van der Waals surface area contributed by atoms with Crippen LogP contribution in [0.3, 0.4) is 0 Å². The van der Waals surface area contributed by atoms with Crippen molar-refractivity contribution in [2.45, 2.75) is 19.0 Å². The van der Waals surface area contributed by atoms with Gasteiger partial charge in [0.05, 0.1) is 11.6 Å². The van der Waals surface area contributed by atoms with Gasteiger partial charge in [-0.3, -0.25) is 5.10 Å². The zero-order chi connectivity index (χ0) is 28.9. The van der Waals surface area contributed by atoms with Gasteiger partial charge in [0.25, 0.3) is 0 Å². The summed E-state index contributed by atoms with van der Waals surface area (Å²) >= 11 is 6.63. The molecule has 1 atom stereocenters. The minimum Gasteiger partial charge on any atom is -0.457 e. The monoisotopic (exact) mass is 577 g/mol. The number of aromatic amines is 2. The summed E-state index contributed by atoms with van der Waals surface area (Å²) in [5, 5.41) is 14.2. The van der Waals surface area contributed by atoms with Crippen molar-refractivity contribution in [1.29, 1.82) is 0 Å². The van der Waals surface area contributed by atoms with Crippen LogP contribution in [0, 0.1) is 0 Å². The van der Waals surface area contributed by atoms with E-state index in [0.717, 1.165) is 33.3 Å². The van der Waals surface area contributed by atoms with Gasteiger partial charge < -0.3 is 26.1 Å². The number of hydrogen-bond donors (Lipinski definition) is 5. The van der Waals surface area contributed by atoms with Gasteiger partial charge >= 0.3 is 6.03 Å². The highest BCUT2D eigenvalue weighted by atomic mass is 35.5. The number of hydrogen-bond acceptors (Lipinski definition) is 5. The van der Waals surface area contributed by atoms with Gasteiger partial charge in [0.2, 0.25) is 0 Å². The van der Waals surface area contributed by atoms with Gasteiger partial charge in [-0.05, 0) is 42.3 Å². The standard InChI is InChI=1S/C32H28ClN7O2/c33-29-28(21-15-16-24-25(18-21)39-40-30(24)34)37-31(38-29)26(17-20-9-3-1-4-10-20)36-32(41)35-19-22-11-7-8-14-27(22)42-23-12-5-2-6-13-23/h1-16,18,26H,17,19H2,(H,37,38)(H3,34,39,40)(H2,35,36,41). The van der Waals surface area contributed by atoms with Gasteiger partial charge in [-0.1, -0.05) is 84.4 Å². The Bertz CT molecular complexity index is 1820. The molecule has 0 saturated heterocycles. The van der Waals surface area contributed by atoms with Crippen LogP contribution in [0.4, 0.5) is 10.6 Å². The van der Waals surface area contributed by atoms with Crippen LogP contribution in [-0.2, 0) is 13.0 Å². The van der Waals surface area contributed by atoms with Gasteiger partial charge in [0.1, 0.15) is 28.2 Å². The van der Waals surface area contributed by atoms with E-state index < -0.39 is 6.04 Å². The molecular formula is C32H28ClN7O2. The molecule has 0 aliphatic heterocycles. The summed E-state index contributed by atoms with van der Waals surface area (Å²) in [6.07, 6.45) is 0.501. The molecule has 6 N–H and O–H groups in total. The van der Waals surface area contributed by atoms with E-state index in [4.69, 9.17) is 27.1 Å². The Morgan fingerprint density at radius 1 is 0.952 bits per heavy atom. The molecule has 0 aliphatic carbocycles. The smallest absolute Gasteiger partial charge is 0.315 e. The SMILES string of the molecule is Nc1n[nH]c2cc(-c3nc(C(Cc4ccccc4)NC(=O)NCc4ccccc4Oc4ccccc4)[nH]c3Cl)ccc12. The number of imidazole rings is 1. The van der Waals surface area contributed by atoms with E-state index in [9.17, 15) is 4.79 Å². The molecule has 1 unspecified atom stereocenters. The lowest BCUT2D eigenvalue weighted by Gasteiger charge is -2.18. The second-order valence-corrected chi connectivity index (χ2v) is 10.1. The third-order valence-electron chi connectivity index (χ3n) is 6.84. The molecule has 2 heterocycles. The number of amides is 2. The van der Waals surface area contributed by atoms with E-state index in [1.165, 1.54) is 0 Å². The number of rotatable bonds is 9. The molecule has 2 aromatic heterocycles. The average Bonchev–Trinajstić information content (AvgIpc) is 3.59. The number of urea groups is 1. The summed E-state index contributed by atoms with van der Waals surface area (Å²) in [6, 6.07) is 31.8. The normalized spacial score (nSPS) is 11.7. The van der Waals surface area contributed by atoms with Crippen LogP contribution in [0.1, 0.15) is 23.0 Å². The largest absolute Gasteiger partial charge is 0.457 e. The molecule has 9 nitrogen and oxygen atoms in total. The van der Waals surface area contributed by atoms with Crippen LogP contribution >= 0.6 is 11.6 Å². The van der Waals surface area contributed by atoms with E-state index in [1.807, 2.05) is 103 Å². The maximum atomic E-state index is 13.2. The number of nitrogens with zero attached hydrogens (tertiary/aromatic N) is 2. The Hall–Kier alpha value is -5.28. The van der Waals surface area contributed by atoms with Gasteiger partial charge in [0, 0.05) is 23.1 Å². The number of ether oxygens (including phenoxy) is 1. The van der Waals surface area contributed by atoms with Gasteiger partial charge in [0.15, 0.2) is 5.82 Å². The van der Waals surface area contributed by atoms with E-state index in [1.54, 1.807) is 0 Å². The first-order valence-corrected chi connectivity index (χ1v) is 13.8. The predicted octanol–water partition coefficient (Wildman–Crippen LogP) is 6.76. The van der Waals surface area contributed by atoms with Crippen molar-refractivity contribution in [2.75, 3.05) is 5.73 Å². The number of nitrogens with two attached hydrogens (primary N) is 1. The Balaban J connectivity index is 1.21. The summed E-state index contributed by atoms with van der Waals surface area (Å²) in [4.78, 5) is 21.2. The Morgan fingerprint density at radius 3 is 2.50 bits per heavy atom. The molecule has 0 fully saturated rings. The summed E-state index contributed by atoms with van der Waals surface area (Å²) in [5.41, 5.74) is 9.93. The molecule has 0 spiro atoms. The number of fused-ring (bicyclic) bond motifs is 1. The number of halogens is 1. The van der Waals surface area contributed by atoms with Crippen molar-refractivity contribution >= 4 is 34.4 Å². The molecule has 210 valence electrons. The summed E-state index contributed by atoms with van der Waals surface area (Å²) in [6.45, 7) is 0.268. The van der Waals surface area contributed by atoms with Crippen LogP contribution in [0.25, 0.3) is 22.2 Å². The van der Waals surface area contributed by atoms with Crippen molar-refractivity contribution in [1.82, 2.24) is 30.8 Å². The Kier molecular flexibility index (Phi) is 7.74. The Labute approximate surface area is 247 Å². The molecular weight excluding hydrogens is 550 g/mol. The molecule has 4 aromatic carbocycles. The Morgan fingerprint density at radius 2 is 1.69 bits per heavy atom. The third kappa shape index (κ3) is 6.06. The summed E-state index contributed by atoms with van der Waals surface area (Å²) in [5.74, 6) is 2.35. The number of nitrogen functional groups attached to an aromatic ring is 1. The zero-order valence-electron chi connectivity index (χ0n) is 22.5. The second kappa shape index (κ2) is 12.1. The lowest BCUT2D eigenvalue weighted by molar-refractivity contribution is 0.236. The van der Waals surface area contributed by atoms with Gasteiger partial charge in [-0.15, -0.1) is 0 Å². The minimum absolute atomic E-state index is 0.268. The molecule has 0 saturated carbocycles. The molecule has 42 heavy (non-hydrogen) atoms. The number of aromatic nitrogens is 4. The van der Waals surface area contributed by atoms with Crippen molar-refractivity contribution in [2.24, 2.45) is 0 Å². The first-order chi connectivity index (χ1) is 20.5. The highest BCUT2D eigenvalue weighted by Gasteiger charge is 2.22. The van der Waals surface area contributed by atoms with Crippen LogP contribution in [0.5, 0.6) is 11.5 Å². The molecule has 2 amide bonds. The fourth-order valence-corrected chi connectivity index (χ4v) is 4.98. The average molecular weight is 578 g/mol. The number of carbonyl (C=O) groups is 1. The highest BCUT2D eigenvalue weighted by Crippen LogP contribution is 2.31. The summed E-state index contributed by atoms with van der Waals surface area (Å²) < 4.78 is 6.04. The molecule has 0 bridgehead atoms. The fraction of sp³-hybridized carbons (Fsp3) is 0.0938. The molecule has 0 radical (unpaired) electrons. The number of para-hydroxylation sites is 2. The van der Waals surface area contributed by atoms with Crippen LogP contribution < -0.4 is 21.1 Å². The van der Waals surface area contributed by atoms with E-state index >= 15 is 0 Å². The zero-order valence-corrected chi connectivity index (χ0v) is 23.2. The maximum absolute atomic E-state index is 13.2. The van der Waals surface area contributed by atoms with E-state index in [-0.39, 0.29) is 12.6 Å². The number of anilines is 1. The molecule has 10 heteroatoms. The van der Waals surface area contributed by atoms with Crippen molar-refractivity contribution in [3.8, 4) is 22.8 Å². The van der Waals surface area contributed by atoms with Crippen LogP contribution in [0.2, 0.25) is 5.15 Å². The molecule has 6 rings (SSSR count). The van der Waals surface area contributed by atoms with Gasteiger partial charge in [-0.25, -0.2) is 9.78 Å². The lowest BCUT2D eigenvalue weighted by atomic mass is 10.1. The number of carbonyl (C=O) groups excluding carboxylic acids is 1. The number of H-pyrrole nitrogens is 2. The highest BCUT2D eigenvalue weighted by molar-refractivity contribution is 6.32. The first kappa shape index (κ1) is 26.9. The first-order valence-electron chi connectivity index (χ1n) is 13.4. The molecule has 0 aliphatic rings. The minimum atomic E-state index is -0.485. The topological polar surface area (TPSA) is 134 Å². The quantitative estimate of drug-likeness (QED) is 0.129. The maximum Gasteiger partial charge on any atom is 0.315 e. The number of benzene rings is 4. The lowest BCUT2D eigenvalue weighted by Crippen LogP contribution is -2.38. The van der Waals surface area contributed by atoms with E-state index in [0.29, 0.717) is 34.7 Å². The summed E-state index contributed by atoms with van der Waals surface area (Å²) in [7, 11) is 0. The van der Waals surface area contributed by atoms with E-state index in [2.05, 4.69) is 25.8 Å². The van der Waals surface area contributed by atoms with Crippen LogP contribution in [-0.4, -0.2) is 26.2 Å². The van der Waals surface area contributed by atoms with Crippen molar-refractivity contribution in [3.05, 3.63) is 125 Å². The van der Waals surface area contributed by atoms with Gasteiger partial charge in [-0.2, -0.15) is 5.10 Å². The third-order valence-corrected chi connectivity index (χ3v) is 7.12. The van der Waals surface area contributed by atoms with Crippen molar-refractivity contribution < 1.29 is 9.53 Å².